The molecule has 0 saturated heterocycles. The van der Waals surface area contributed by atoms with Gasteiger partial charge in [0.05, 0.1) is 6.10 Å². The number of allylic oxidation sites excluding steroid dienone is 1. The van der Waals surface area contributed by atoms with E-state index in [4.69, 9.17) is 0 Å². The Kier molecular flexibility index (Phi) is 4.87. The van der Waals surface area contributed by atoms with Crippen LogP contribution in [0.1, 0.15) is 65.7 Å². The molecule has 3 N–H and O–H groups in total. The maximum atomic E-state index is 11.7. The first-order valence-corrected chi connectivity index (χ1v) is 12.0. The minimum absolute atomic E-state index is 0.166. The molecule has 0 aromatic carbocycles. The van der Waals surface area contributed by atoms with E-state index in [1.54, 1.807) is 0 Å². The van der Waals surface area contributed by atoms with Crippen molar-refractivity contribution in [3.63, 3.8) is 0 Å². The molecular formula is C26H37N2O3+. The molecule has 8 atom stereocenters. The van der Waals surface area contributed by atoms with Crippen molar-refractivity contribution in [2.45, 2.75) is 83.5 Å². The molecule has 31 heavy (non-hydrogen) atoms. The molecule has 4 aliphatic carbocycles. The highest BCUT2D eigenvalue weighted by Gasteiger charge is 2.74. The zero-order valence-electron chi connectivity index (χ0n) is 19.0. The summed E-state index contributed by atoms with van der Waals surface area (Å²) < 4.78 is 2.11. The number of pyridine rings is 1. The van der Waals surface area contributed by atoms with Crippen molar-refractivity contribution in [3.8, 4) is 0 Å². The lowest BCUT2D eigenvalue weighted by molar-refractivity contribution is -0.766. The van der Waals surface area contributed by atoms with E-state index in [-0.39, 0.29) is 16.9 Å². The SMILES string of the molecule is C/C(=N/O)[C@@]1([n+]2ccccc2)[C@H](O)C[C@@H]2[C@@H]3CC=C4C[C@H](O)CC[C@]4(C)[C@@H]3CC[C@@]21C. The first kappa shape index (κ1) is 21.1. The number of oxime groups is 1. The van der Waals surface area contributed by atoms with E-state index in [0.717, 1.165) is 44.9 Å². The standard InChI is InChI=1S/C26H36N2O3/c1-17(27-31)26(28-13-5-4-6-14-28)23(30)16-22-20-8-7-18-15-19(29)9-11-24(18,2)21(20)10-12-25(22,26)3/h4-7,13-14,19-23,29-30H,8-12,15-16H2,1-3H3/p+1/b27-17-/t19-,20-,21-,22-,23-,24+,25+,26-/m1/s1. The first-order chi connectivity index (χ1) is 14.8. The van der Waals surface area contributed by atoms with Gasteiger partial charge in [0.2, 0.25) is 5.54 Å². The van der Waals surface area contributed by atoms with Gasteiger partial charge in [-0.05, 0) is 75.0 Å². The number of nitrogens with zero attached hydrogens (tertiary/aromatic N) is 2. The quantitative estimate of drug-likeness (QED) is 0.222. The monoisotopic (exact) mass is 425 g/mol. The third-order valence-electron chi connectivity index (χ3n) is 10.1. The van der Waals surface area contributed by atoms with Crippen LogP contribution in [0, 0.1) is 28.6 Å². The molecule has 168 valence electrons. The number of aliphatic hydroxyl groups is 2. The highest BCUT2D eigenvalue weighted by molar-refractivity contribution is 5.89. The summed E-state index contributed by atoms with van der Waals surface area (Å²) in [6.45, 7) is 6.62. The Morgan fingerprint density at radius 3 is 2.52 bits per heavy atom. The van der Waals surface area contributed by atoms with E-state index in [9.17, 15) is 15.4 Å². The summed E-state index contributed by atoms with van der Waals surface area (Å²) in [5.41, 5.74) is 1.28. The Hall–Kier alpha value is -1.72. The summed E-state index contributed by atoms with van der Waals surface area (Å²) in [6.07, 6.45) is 12.3. The highest BCUT2D eigenvalue weighted by Crippen LogP contribution is 2.68. The molecule has 5 heteroatoms. The van der Waals surface area contributed by atoms with E-state index < -0.39 is 11.6 Å². The summed E-state index contributed by atoms with van der Waals surface area (Å²) in [5.74, 6) is 1.45. The van der Waals surface area contributed by atoms with Crippen LogP contribution in [-0.4, -0.2) is 33.3 Å². The normalized spacial score (nSPS) is 47.2. The lowest BCUT2D eigenvalue weighted by Crippen LogP contribution is -2.72. The third-order valence-corrected chi connectivity index (χ3v) is 10.1. The summed E-state index contributed by atoms with van der Waals surface area (Å²) >= 11 is 0. The molecule has 0 spiro atoms. The molecule has 0 unspecified atom stereocenters. The van der Waals surface area contributed by atoms with Crippen LogP contribution in [0.2, 0.25) is 0 Å². The Bertz CT molecular complexity index is 914. The second-order valence-corrected chi connectivity index (χ2v) is 11.1. The van der Waals surface area contributed by atoms with Gasteiger partial charge in [0.25, 0.3) is 0 Å². The Morgan fingerprint density at radius 1 is 1.06 bits per heavy atom. The predicted octanol–water partition coefficient (Wildman–Crippen LogP) is 3.81. The minimum Gasteiger partial charge on any atom is -0.411 e. The van der Waals surface area contributed by atoms with Crippen LogP contribution in [-0.2, 0) is 5.54 Å². The first-order valence-electron chi connectivity index (χ1n) is 12.0. The minimum atomic E-state index is -0.744. The van der Waals surface area contributed by atoms with Crippen molar-refractivity contribution in [2.24, 2.45) is 33.7 Å². The van der Waals surface area contributed by atoms with Crippen molar-refractivity contribution in [1.82, 2.24) is 0 Å². The summed E-state index contributed by atoms with van der Waals surface area (Å²) in [6, 6.07) is 5.97. The lowest BCUT2D eigenvalue weighted by atomic mass is 9.46. The van der Waals surface area contributed by atoms with Crippen molar-refractivity contribution in [3.05, 3.63) is 42.2 Å². The van der Waals surface area contributed by atoms with E-state index in [1.807, 2.05) is 37.5 Å². The fraction of sp³-hybridized carbons (Fsp3) is 0.692. The van der Waals surface area contributed by atoms with E-state index >= 15 is 0 Å². The maximum Gasteiger partial charge on any atom is 0.239 e. The molecule has 0 bridgehead atoms. The van der Waals surface area contributed by atoms with Crippen LogP contribution in [0.3, 0.4) is 0 Å². The molecule has 5 rings (SSSR count). The summed E-state index contributed by atoms with van der Waals surface area (Å²) in [5, 5.41) is 35.5. The largest absolute Gasteiger partial charge is 0.411 e. The van der Waals surface area contributed by atoms with Crippen LogP contribution in [0.15, 0.2) is 47.4 Å². The fourth-order valence-electron chi connectivity index (χ4n) is 8.68. The van der Waals surface area contributed by atoms with Gasteiger partial charge in [0, 0.05) is 17.5 Å². The number of hydrogen-bond donors (Lipinski definition) is 3. The van der Waals surface area contributed by atoms with Crippen LogP contribution >= 0.6 is 0 Å². The van der Waals surface area contributed by atoms with Crippen LogP contribution < -0.4 is 4.57 Å². The lowest BCUT2D eigenvalue weighted by Gasteiger charge is -2.58. The third kappa shape index (κ3) is 2.62. The van der Waals surface area contributed by atoms with Crippen molar-refractivity contribution in [2.75, 3.05) is 0 Å². The molecule has 5 nitrogen and oxygen atoms in total. The highest BCUT2D eigenvalue weighted by atomic mass is 16.4. The number of aliphatic hydroxyl groups excluding tert-OH is 2. The average molecular weight is 426 g/mol. The smallest absolute Gasteiger partial charge is 0.239 e. The van der Waals surface area contributed by atoms with Gasteiger partial charge in [-0.2, -0.15) is 4.57 Å². The second kappa shape index (κ2) is 7.14. The van der Waals surface area contributed by atoms with Crippen LogP contribution in [0.25, 0.3) is 0 Å². The van der Waals surface area contributed by atoms with E-state index in [2.05, 4.69) is 29.6 Å². The molecule has 1 aromatic heterocycles. The van der Waals surface area contributed by atoms with Gasteiger partial charge in [-0.25, -0.2) is 0 Å². The van der Waals surface area contributed by atoms with Gasteiger partial charge in [-0.15, -0.1) is 0 Å². The molecular weight excluding hydrogens is 388 g/mol. The van der Waals surface area contributed by atoms with Crippen LogP contribution in [0.5, 0.6) is 0 Å². The Balaban J connectivity index is 1.61. The molecule has 0 radical (unpaired) electrons. The van der Waals surface area contributed by atoms with Gasteiger partial charge < -0.3 is 15.4 Å². The average Bonchev–Trinajstić information content (AvgIpc) is 3.01. The Labute approximate surface area is 185 Å². The van der Waals surface area contributed by atoms with Gasteiger partial charge in [0.15, 0.2) is 12.4 Å². The number of rotatable bonds is 2. The van der Waals surface area contributed by atoms with Gasteiger partial charge >= 0.3 is 0 Å². The Morgan fingerprint density at radius 2 is 1.81 bits per heavy atom. The molecule has 0 aliphatic heterocycles. The number of aromatic nitrogens is 1. The molecule has 0 amide bonds. The summed E-state index contributed by atoms with van der Waals surface area (Å²) in [4.78, 5) is 0. The number of fused-ring (bicyclic) bond motifs is 5. The maximum absolute atomic E-state index is 11.7. The van der Waals surface area contributed by atoms with Gasteiger partial charge in [0.1, 0.15) is 11.8 Å². The fourth-order valence-corrected chi connectivity index (χ4v) is 8.68. The molecule has 1 heterocycles. The van der Waals surface area contributed by atoms with Gasteiger partial charge in [-0.3, -0.25) is 0 Å². The molecule has 1 aromatic rings. The zero-order chi connectivity index (χ0) is 22.0. The van der Waals surface area contributed by atoms with Crippen LogP contribution in [0.4, 0.5) is 0 Å². The van der Waals surface area contributed by atoms with Crippen molar-refractivity contribution < 1.29 is 20.0 Å². The van der Waals surface area contributed by atoms with Crippen molar-refractivity contribution >= 4 is 5.71 Å². The van der Waals surface area contributed by atoms with E-state index in [1.165, 1.54) is 5.57 Å². The number of hydrogen-bond acceptors (Lipinski definition) is 4. The molecule has 4 aliphatic rings. The zero-order valence-corrected chi connectivity index (χ0v) is 19.0. The second-order valence-electron chi connectivity index (χ2n) is 11.1. The molecule has 3 saturated carbocycles. The molecule has 3 fully saturated rings. The van der Waals surface area contributed by atoms with E-state index in [0.29, 0.717) is 23.5 Å². The summed E-state index contributed by atoms with van der Waals surface area (Å²) in [7, 11) is 0. The predicted molar refractivity (Wildman–Crippen MR) is 119 cm³/mol. The topological polar surface area (TPSA) is 76.9 Å². The van der Waals surface area contributed by atoms with Crippen molar-refractivity contribution in [1.29, 1.82) is 0 Å². The van der Waals surface area contributed by atoms with Gasteiger partial charge in [-0.1, -0.05) is 36.7 Å².